The molecule has 1 aromatic carbocycles. The van der Waals surface area contributed by atoms with Gasteiger partial charge in [0.25, 0.3) is 0 Å². The van der Waals surface area contributed by atoms with E-state index in [0.717, 1.165) is 83.1 Å². The highest BCUT2D eigenvalue weighted by molar-refractivity contribution is 5.89. The van der Waals surface area contributed by atoms with Crippen molar-refractivity contribution in [1.29, 1.82) is 0 Å². The molecule has 3 aliphatic heterocycles. The van der Waals surface area contributed by atoms with Crippen molar-refractivity contribution in [2.24, 2.45) is 0 Å². The molecule has 7 heteroatoms. The first kappa shape index (κ1) is 21.2. The Balaban J connectivity index is 1.12. The third kappa shape index (κ3) is 4.74. The first-order valence-electron chi connectivity index (χ1n) is 11.9. The minimum Gasteiger partial charge on any atom is -0.375 e. The summed E-state index contributed by atoms with van der Waals surface area (Å²) in [5.74, 6) is 1.08. The molecule has 3 aliphatic rings. The van der Waals surface area contributed by atoms with Crippen LogP contribution < -0.4 is 10.2 Å². The quantitative estimate of drug-likeness (QED) is 0.800. The van der Waals surface area contributed by atoms with Crippen LogP contribution in [0.3, 0.4) is 0 Å². The number of benzene rings is 1. The second kappa shape index (κ2) is 9.46. The van der Waals surface area contributed by atoms with E-state index in [1.165, 1.54) is 0 Å². The van der Waals surface area contributed by atoms with Crippen molar-refractivity contribution < 1.29 is 9.53 Å². The number of para-hydroxylation sites is 1. The topological polar surface area (TPSA) is 60.9 Å². The van der Waals surface area contributed by atoms with Crippen molar-refractivity contribution in [2.75, 3.05) is 56.1 Å². The number of hydrogen-bond donors (Lipinski definition) is 1. The fourth-order valence-electron chi connectivity index (χ4n) is 5.36. The molecule has 3 fully saturated rings. The molecular formula is C25H33N5O2. The van der Waals surface area contributed by atoms with E-state index >= 15 is 0 Å². The van der Waals surface area contributed by atoms with Gasteiger partial charge in [-0.25, -0.2) is 9.78 Å². The monoisotopic (exact) mass is 435 g/mol. The van der Waals surface area contributed by atoms with Gasteiger partial charge in [-0.1, -0.05) is 24.3 Å². The van der Waals surface area contributed by atoms with E-state index in [1.54, 1.807) is 0 Å². The van der Waals surface area contributed by atoms with Gasteiger partial charge in [0, 0.05) is 63.8 Å². The summed E-state index contributed by atoms with van der Waals surface area (Å²) in [5, 5.41) is 3.01. The van der Waals surface area contributed by atoms with Crippen molar-refractivity contribution >= 4 is 17.5 Å². The first-order chi connectivity index (χ1) is 15.7. The average molecular weight is 436 g/mol. The number of rotatable bonds is 3. The van der Waals surface area contributed by atoms with E-state index in [2.05, 4.69) is 32.2 Å². The molecule has 1 spiro atoms. The molecule has 5 rings (SSSR count). The maximum atomic E-state index is 12.7. The summed E-state index contributed by atoms with van der Waals surface area (Å²) < 4.78 is 6.36. The molecule has 32 heavy (non-hydrogen) atoms. The fraction of sp³-hybridized carbons (Fsp3) is 0.520. The zero-order chi connectivity index (χ0) is 21.8. The van der Waals surface area contributed by atoms with Crippen LogP contribution in [0.15, 0.2) is 54.7 Å². The SMILES string of the molecule is O=C(Nc1ccccc1)N1CCC2(CC1)C[C@@H](N1CCN(c3ccccn3)CC1)CCO2. The number of ether oxygens (including phenoxy) is 1. The predicted molar refractivity (Wildman–Crippen MR) is 126 cm³/mol. The Morgan fingerprint density at radius 3 is 2.44 bits per heavy atom. The number of anilines is 2. The standard InChI is InChI=1S/C25H33N5O2/c31-24(27-21-6-2-1-3-7-21)30-13-10-25(11-14-30)20-22(9-19-32-25)28-15-17-29(18-16-28)23-8-4-5-12-26-23/h1-8,12,22H,9-11,13-20H2,(H,27,31)/t22-/m0/s1. The number of likely N-dealkylation sites (tertiary alicyclic amines) is 1. The van der Waals surface area contributed by atoms with Crippen LogP contribution in [0, 0.1) is 0 Å². The lowest BCUT2D eigenvalue weighted by atomic mass is 9.81. The molecule has 1 N–H and O–H groups in total. The van der Waals surface area contributed by atoms with Crippen molar-refractivity contribution in [3.8, 4) is 0 Å². The summed E-state index contributed by atoms with van der Waals surface area (Å²) >= 11 is 0. The first-order valence-corrected chi connectivity index (χ1v) is 11.9. The number of aromatic nitrogens is 1. The maximum absolute atomic E-state index is 12.7. The average Bonchev–Trinajstić information content (AvgIpc) is 2.86. The minimum absolute atomic E-state index is 0.0101. The second-order valence-electron chi connectivity index (χ2n) is 9.17. The lowest BCUT2D eigenvalue weighted by Crippen LogP contribution is -2.57. The molecular weight excluding hydrogens is 402 g/mol. The largest absolute Gasteiger partial charge is 0.375 e. The molecule has 0 bridgehead atoms. The molecule has 170 valence electrons. The maximum Gasteiger partial charge on any atom is 0.321 e. The van der Waals surface area contributed by atoms with Crippen LogP contribution in [-0.4, -0.2) is 78.3 Å². The van der Waals surface area contributed by atoms with E-state index in [0.29, 0.717) is 6.04 Å². The lowest BCUT2D eigenvalue weighted by molar-refractivity contribution is -0.129. The fourth-order valence-corrected chi connectivity index (χ4v) is 5.36. The van der Waals surface area contributed by atoms with E-state index in [-0.39, 0.29) is 11.6 Å². The van der Waals surface area contributed by atoms with Crippen LogP contribution in [0.5, 0.6) is 0 Å². The van der Waals surface area contributed by atoms with Crippen molar-refractivity contribution in [3.05, 3.63) is 54.7 Å². The second-order valence-corrected chi connectivity index (χ2v) is 9.17. The molecule has 0 radical (unpaired) electrons. The number of piperidine rings is 1. The van der Waals surface area contributed by atoms with Crippen LogP contribution in [0.25, 0.3) is 0 Å². The molecule has 2 amide bonds. The van der Waals surface area contributed by atoms with Gasteiger partial charge >= 0.3 is 6.03 Å². The van der Waals surface area contributed by atoms with Gasteiger partial charge in [0.15, 0.2) is 0 Å². The van der Waals surface area contributed by atoms with Crippen molar-refractivity contribution in [2.45, 2.75) is 37.3 Å². The summed E-state index contributed by atoms with van der Waals surface area (Å²) in [5.41, 5.74) is 0.765. The minimum atomic E-state index is -0.0788. The third-order valence-electron chi connectivity index (χ3n) is 7.26. The van der Waals surface area contributed by atoms with Crippen LogP contribution in [0.1, 0.15) is 25.7 Å². The summed E-state index contributed by atoms with van der Waals surface area (Å²) in [6, 6.07) is 16.4. The Hall–Kier alpha value is -2.64. The van der Waals surface area contributed by atoms with Crippen LogP contribution in [-0.2, 0) is 4.74 Å². The molecule has 2 aromatic rings. The Kier molecular flexibility index (Phi) is 6.28. The van der Waals surface area contributed by atoms with Gasteiger partial charge in [0.05, 0.1) is 5.60 Å². The molecule has 3 saturated heterocycles. The van der Waals surface area contributed by atoms with E-state index < -0.39 is 0 Å². The van der Waals surface area contributed by atoms with Crippen LogP contribution in [0.4, 0.5) is 16.3 Å². The Bertz CT molecular complexity index is 878. The van der Waals surface area contributed by atoms with Crippen LogP contribution >= 0.6 is 0 Å². The van der Waals surface area contributed by atoms with Gasteiger partial charge in [-0.3, -0.25) is 4.90 Å². The van der Waals surface area contributed by atoms with Crippen molar-refractivity contribution in [3.63, 3.8) is 0 Å². The van der Waals surface area contributed by atoms with Gasteiger partial charge in [-0.2, -0.15) is 0 Å². The number of amides is 2. The number of piperazine rings is 1. The molecule has 1 aromatic heterocycles. The zero-order valence-electron chi connectivity index (χ0n) is 18.7. The summed E-state index contributed by atoms with van der Waals surface area (Å²) in [6.45, 7) is 6.51. The summed E-state index contributed by atoms with van der Waals surface area (Å²) in [4.78, 5) is 24.1. The van der Waals surface area contributed by atoms with E-state index in [4.69, 9.17) is 4.74 Å². The Morgan fingerprint density at radius 1 is 0.969 bits per heavy atom. The molecule has 1 atom stereocenters. The van der Waals surface area contributed by atoms with Crippen LogP contribution in [0.2, 0.25) is 0 Å². The highest BCUT2D eigenvalue weighted by Gasteiger charge is 2.43. The molecule has 0 saturated carbocycles. The molecule has 0 unspecified atom stereocenters. The number of urea groups is 1. The number of nitrogens with zero attached hydrogens (tertiary/aromatic N) is 4. The predicted octanol–water partition coefficient (Wildman–Crippen LogP) is 3.45. The number of hydrogen-bond acceptors (Lipinski definition) is 5. The van der Waals surface area contributed by atoms with Gasteiger partial charge in [-0.15, -0.1) is 0 Å². The smallest absolute Gasteiger partial charge is 0.321 e. The van der Waals surface area contributed by atoms with Gasteiger partial charge < -0.3 is 19.9 Å². The number of carbonyl (C=O) groups excluding carboxylic acids is 1. The van der Waals surface area contributed by atoms with Gasteiger partial charge in [-0.05, 0) is 49.9 Å². The number of carbonyl (C=O) groups is 1. The normalized spacial score (nSPS) is 23.8. The zero-order valence-corrected chi connectivity index (χ0v) is 18.7. The lowest BCUT2D eigenvalue weighted by Gasteiger charge is -2.49. The highest BCUT2D eigenvalue weighted by Crippen LogP contribution is 2.37. The molecule has 4 heterocycles. The summed E-state index contributed by atoms with van der Waals surface area (Å²) in [7, 11) is 0. The summed E-state index contributed by atoms with van der Waals surface area (Å²) in [6.07, 6.45) is 5.88. The molecule has 0 aliphatic carbocycles. The van der Waals surface area contributed by atoms with E-state index in [9.17, 15) is 4.79 Å². The Labute approximate surface area is 190 Å². The van der Waals surface area contributed by atoms with E-state index in [1.807, 2.05) is 47.5 Å². The number of nitrogens with one attached hydrogen (secondary N) is 1. The Morgan fingerprint density at radius 2 is 1.72 bits per heavy atom. The van der Waals surface area contributed by atoms with Crippen molar-refractivity contribution in [1.82, 2.24) is 14.8 Å². The number of pyridine rings is 1. The van der Waals surface area contributed by atoms with Gasteiger partial charge in [0.2, 0.25) is 0 Å². The third-order valence-corrected chi connectivity index (χ3v) is 7.26. The highest BCUT2D eigenvalue weighted by atomic mass is 16.5. The van der Waals surface area contributed by atoms with Gasteiger partial charge in [0.1, 0.15) is 5.82 Å². The molecule has 7 nitrogen and oxygen atoms in total.